The molecule has 9 aromatic rings. The lowest BCUT2D eigenvalue weighted by Crippen LogP contribution is -2.28. The molecule has 0 aromatic heterocycles. The number of rotatable bonds is 6. The van der Waals surface area contributed by atoms with E-state index < -0.39 is 59.8 Å². The van der Waals surface area contributed by atoms with Crippen LogP contribution in [0.5, 0.6) is 0 Å². The lowest BCUT2D eigenvalue weighted by atomic mass is 9.68. The topological polar surface area (TPSA) is 3.24 Å². The summed E-state index contributed by atoms with van der Waals surface area (Å²) >= 11 is 0. The summed E-state index contributed by atoms with van der Waals surface area (Å²) in [6, 6.07) is 40.7. The van der Waals surface area contributed by atoms with Crippen LogP contribution < -0.4 is 4.90 Å². The van der Waals surface area contributed by atoms with Crippen molar-refractivity contribution in [1.29, 1.82) is 0 Å². The molecule has 0 unspecified atom stereocenters. The first-order valence-electron chi connectivity index (χ1n) is 22.6. The summed E-state index contributed by atoms with van der Waals surface area (Å²) in [5.41, 5.74) is 4.39. The number of hydrogen-bond donors (Lipinski definition) is 0. The molecule has 0 N–H and O–H groups in total. The van der Waals surface area contributed by atoms with E-state index in [0.29, 0.717) is 16.8 Å². The van der Waals surface area contributed by atoms with Crippen molar-refractivity contribution in [2.75, 3.05) is 4.90 Å². The maximum Gasteiger partial charge on any atom is 0.0714 e. The SMILES string of the molecule is [2H]c1c([2H])c(-c2ccc3ccccc3c2)c([2H])c(N(c2cccc3c2-c2ccccc2C3(c2ccccc2)c2ccccc2)c2c([2H])c([2H])c([2H])c3c([2H])c([2H])c([2H])c([2H])c23)c1[2H]. The Bertz CT molecular complexity index is 3320. The van der Waals surface area contributed by atoms with Gasteiger partial charge in [-0.05, 0) is 85.4 Å². The zero-order valence-electron chi connectivity index (χ0n) is 38.8. The molecule has 0 saturated carbocycles. The third-order valence-electron chi connectivity index (χ3n) is 10.1. The van der Waals surface area contributed by atoms with Crippen LogP contribution in [-0.4, -0.2) is 0 Å². The predicted molar refractivity (Wildman–Crippen MR) is 219 cm³/mol. The van der Waals surface area contributed by atoms with Gasteiger partial charge in [-0.3, -0.25) is 0 Å². The molecular formula is C51H35N. The highest BCUT2D eigenvalue weighted by atomic mass is 15.1. The van der Waals surface area contributed by atoms with E-state index in [-0.39, 0.29) is 39.8 Å². The van der Waals surface area contributed by atoms with Gasteiger partial charge in [-0.25, -0.2) is 0 Å². The molecule has 1 aliphatic rings. The van der Waals surface area contributed by atoms with E-state index in [1.807, 2.05) is 103 Å². The molecule has 1 heteroatoms. The van der Waals surface area contributed by atoms with Crippen LogP contribution in [0.1, 0.15) is 37.3 Å². The number of nitrogens with zero attached hydrogens (tertiary/aromatic N) is 1. The summed E-state index contributed by atoms with van der Waals surface area (Å²) in [5.74, 6) is 0. The minimum absolute atomic E-state index is 0.0404. The molecule has 52 heavy (non-hydrogen) atoms. The molecule has 0 atom stereocenters. The van der Waals surface area contributed by atoms with Crippen LogP contribution in [0.2, 0.25) is 0 Å². The van der Waals surface area contributed by atoms with Gasteiger partial charge in [0.25, 0.3) is 0 Å². The molecule has 0 spiro atoms. The van der Waals surface area contributed by atoms with Gasteiger partial charge < -0.3 is 4.90 Å². The summed E-state index contributed by atoms with van der Waals surface area (Å²) in [7, 11) is 0. The molecule has 0 amide bonds. The summed E-state index contributed by atoms with van der Waals surface area (Å²) in [6.45, 7) is 0. The van der Waals surface area contributed by atoms with Crippen LogP contribution in [0.15, 0.2) is 212 Å². The van der Waals surface area contributed by atoms with Gasteiger partial charge in [0, 0.05) is 16.6 Å². The highest BCUT2D eigenvalue weighted by Crippen LogP contribution is 2.59. The predicted octanol–water partition coefficient (Wildman–Crippen LogP) is 13.5. The average molecular weight is 673 g/mol. The molecule has 1 aliphatic carbocycles. The van der Waals surface area contributed by atoms with E-state index in [1.54, 1.807) is 12.1 Å². The summed E-state index contributed by atoms with van der Waals surface area (Å²) in [6.07, 6.45) is 0. The van der Waals surface area contributed by atoms with Gasteiger partial charge in [-0.2, -0.15) is 0 Å². The van der Waals surface area contributed by atoms with Crippen molar-refractivity contribution in [3.63, 3.8) is 0 Å². The number of hydrogen-bond acceptors (Lipinski definition) is 1. The quantitative estimate of drug-likeness (QED) is 0.170. The van der Waals surface area contributed by atoms with Gasteiger partial charge in [0.15, 0.2) is 0 Å². The summed E-state index contributed by atoms with van der Waals surface area (Å²) < 4.78 is 102. The zero-order valence-corrected chi connectivity index (χ0v) is 27.8. The van der Waals surface area contributed by atoms with Crippen LogP contribution in [0.4, 0.5) is 17.1 Å². The molecule has 0 aliphatic heterocycles. The fourth-order valence-electron chi connectivity index (χ4n) is 7.91. The van der Waals surface area contributed by atoms with Crippen molar-refractivity contribution in [2.45, 2.75) is 5.41 Å². The highest BCUT2D eigenvalue weighted by molar-refractivity contribution is 6.04. The second-order valence-electron chi connectivity index (χ2n) is 12.8. The molecule has 0 heterocycles. The minimum atomic E-state index is -0.924. The Balaban J connectivity index is 1.42. The Morgan fingerprint density at radius 1 is 0.442 bits per heavy atom. The Morgan fingerprint density at radius 2 is 1.12 bits per heavy atom. The normalized spacial score (nSPS) is 15.7. The van der Waals surface area contributed by atoms with Gasteiger partial charge in [0.2, 0.25) is 0 Å². The highest BCUT2D eigenvalue weighted by Gasteiger charge is 2.47. The first-order chi connectivity index (χ1) is 30.4. The minimum Gasteiger partial charge on any atom is -0.309 e. The largest absolute Gasteiger partial charge is 0.309 e. The second-order valence-corrected chi connectivity index (χ2v) is 12.8. The van der Waals surface area contributed by atoms with Gasteiger partial charge >= 0.3 is 0 Å². The summed E-state index contributed by atoms with van der Waals surface area (Å²) in [5, 5.41) is 1.19. The third kappa shape index (κ3) is 4.63. The standard InChI is InChI=1S/C51H35N/c1-3-21-41(22-4-1)51(42-23-5-2-6-24-42)46-28-12-11-27-45(46)50-47(51)29-15-31-49(50)52(48-30-14-19-37-17-9-10-26-44(37)48)43-25-13-20-39(35-43)40-33-32-36-16-7-8-18-38(36)34-40/h1-35H/i9D,10D,13D,14D,17D,19D,20D,25D,26D,30D,35D. The third-order valence-corrected chi connectivity index (χ3v) is 10.1. The molecular weight excluding hydrogens is 627 g/mol. The van der Waals surface area contributed by atoms with Crippen LogP contribution in [-0.2, 0) is 5.41 Å². The van der Waals surface area contributed by atoms with Crippen molar-refractivity contribution in [3.05, 3.63) is 234 Å². The van der Waals surface area contributed by atoms with E-state index in [1.165, 1.54) is 4.90 Å². The van der Waals surface area contributed by atoms with Crippen molar-refractivity contribution in [3.8, 4) is 22.3 Å². The molecule has 0 fully saturated rings. The van der Waals surface area contributed by atoms with Crippen LogP contribution in [0.3, 0.4) is 0 Å². The Morgan fingerprint density at radius 3 is 1.94 bits per heavy atom. The van der Waals surface area contributed by atoms with E-state index in [9.17, 15) is 8.22 Å². The van der Waals surface area contributed by atoms with E-state index in [4.69, 9.17) is 6.85 Å². The fourth-order valence-corrected chi connectivity index (χ4v) is 7.91. The first kappa shape index (κ1) is 20.8. The second kappa shape index (κ2) is 12.3. The molecule has 0 saturated heterocycles. The Kier molecular flexibility index (Phi) is 4.92. The molecule has 244 valence electrons. The fraction of sp³-hybridized carbons (Fsp3) is 0.0196. The average Bonchev–Trinajstić information content (AvgIpc) is 3.62. The van der Waals surface area contributed by atoms with Crippen LogP contribution in [0, 0.1) is 0 Å². The van der Waals surface area contributed by atoms with Gasteiger partial charge in [-0.1, -0.05) is 182 Å². The monoisotopic (exact) mass is 672 g/mol. The van der Waals surface area contributed by atoms with Gasteiger partial charge in [0.1, 0.15) is 0 Å². The van der Waals surface area contributed by atoms with Crippen molar-refractivity contribution in [2.24, 2.45) is 0 Å². The number of anilines is 3. The molecule has 0 radical (unpaired) electrons. The lowest BCUT2D eigenvalue weighted by molar-refractivity contribution is 0.768. The number of benzene rings is 9. The first-order valence-corrected chi connectivity index (χ1v) is 17.1. The van der Waals surface area contributed by atoms with Crippen molar-refractivity contribution >= 4 is 38.6 Å². The van der Waals surface area contributed by atoms with E-state index in [0.717, 1.165) is 38.6 Å². The zero-order chi connectivity index (χ0) is 44.1. The molecule has 0 bridgehead atoms. The lowest BCUT2D eigenvalue weighted by Gasteiger charge is -2.34. The number of fused-ring (bicyclic) bond motifs is 5. The molecule has 10 rings (SSSR count). The Labute approximate surface area is 320 Å². The maximum absolute atomic E-state index is 10.1. The van der Waals surface area contributed by atoms with Crippen molar-refractivity contribution < 1.29 is 15.1 Å². The molecule has 1 nitrogen and oxygen atoms in total. The maximum atomic E-state index is 10.1. The smallest absolute Gasteiger partial charge is 0.0714 e. The van der Waals surface area contributed by atoms with Gasteiger partial charge in [-0.15, -0.1) is 0 Å². The van der Waals surface area contributed by atoms with Crippen LogP contribution in [0.25, 0.3) is 43.8 Å². The van der Waals surface area contributed by atoms with E-state index >= 15 is 0 Å². The van der Waals surface area contributed by atoms with Crippen molar-refractivity contribution in [1.82, 2.24) is 0 Å². The summed E-state index contributed by atoms with van der Waals surface area (Å²) in [4.78, 5) is 1.41. The van der Waals surface area contributed by atoms with Crippen LogP contribution >= 0.6 is 0 Å². The van der Waals surface area contributed by atoms with Gasteiger partial charge in [0.05, 0.1) is 31.9 Å². The van der Waals surface area contributed by atoms with E-state index in [2.05, 4.69) is 30.3 Å². The Hall–Kier alpha value is -6.70. The molecule has 9 aromatic carbocycles.